The molecule has 1 aromatic rings. The zero-order valence-electron chi connectivity index (χ0n) is 10.4. The highest BCUT2D eigenvalue weighted by molar-refractivity contribution is 6.20. The van der Waals surface area contributed by atoms with Crippen LogP contribution in [-0.2, 0) is 6.54 Å². The fourth-order valence-electron chi connectivity index (χ4n) is 1.18. The molecule has 0 radical (unpaired) electrons. The molecule has 7 heteroatoms. The maximum absolute atomic E-state index is 11.2. The van der Waals surface area contributed by atoms with Crippen LogP contribution in [0.25, 0.3) is 0 Å². The number of nitrogens with one attached hydrogen (secondary N) is 1. The molecule has 1 N–H and O–H groups in total. The zero-order valence-corrected chi connectivity index (χ0v) is 10.4. The third-order valence-corrected chi connectivity index (χ3v) is 1.90. The lowest BCUT2D eigenvalue weighted by atomic mass is 10.2. The van der Waals surface area contributed by atoms with Gasteiger partial charge in [0.25, 0.3) is 5.56 Å². The molecule has 0 spiro atoms. The Balaban J connectivity index is 0.000000770. The molecule has 17 heavy (non-hydrogen) atoms. The van der Waals surface area contributed by atoms with Crippen molar-refractivity contribution in [3.8, 4) is 5.97 Å². The van der Waals surface area contributed by atoms with Gasteiger partial charge in [-0.1, -0.05) is 0 Å². The molecule has 0 aliphatic rings. The van der Waals surface area contributed by atoms with Gasteiger partial charge in [0.2, 0.25) is 7.85 Å². The Bertz CT molecular complexity index is 472. The third-order valence-electron chi connectivity index (χ3n) is 1.90. The number of rotatable bonds is 4. The number of H-pyrrole nitrogens is 1. The Kier molecular flexibility index (Phi) is 7.47. The number of aromatic amines is 1. The molecule has 6 nitrogen and oxygen atoms in total. The maximum Gasteiger partial charge on any atom is 0.328 e. The summed E-state index contributed by atoms with van der Waals surface area (Å²) in [6, 6.07) is 1.36. The van der Waals surface area contributed by atoms with Crippen LogP contribution in [0.1, 0.15) is 6.42 Å². The molecule has 0 unspecified atom stereocenters. The van der Waals surface area contributed by atoms with Gasteiger partial charge < -0.3 is 9.47 Å². The minimum Gasteiger partial charge on any atom is -0.309 e. The van der Waals surface area contributed by atoms with Crippen molar-refractivity contribution in [3.63, 3.8) is 0 Å². The Morgan fingerprint density at radius 1 is 1.53 bits per heavy atom. The van der Waals surface area contributed by atoms with Crippen LogP contribution in [0.4, 0.5) is 0 Å². The van der Waals surface area contributed by atoms with Gasteiger partial charge in [0.05, 0.1) is 0 Å². The lowest BCUT2D eigenvalue weighted by Gasteiger charge is -2.09. The normalized spacial score (nSPS) is 9.29. The Morgan fingerprint density at radius 2 is 2.12 bits per heavy atom. The summed E-state index contributed by atoms with van der Waals surface area (Å²) in [4.78, 5) is 26.2. The van der Waals surface area contributed by atoms with E-state index < -0.39 is 0 Å². The SMILES string of the molecule is BC#N.CN(C)CCCn1ccc(=O)[nH]c1=O. The molecule has 0 aliphatic heterocycles. The Morgan fingerprint density at radius 3 is 2.59 bits per heavy atom. The molecule has 1 aromatic heterocycles. The van der Waals surface area contributed by atoms with Gasteiger partial charge >= 0.3 is 5.69 Å². The molecule has 92 valence electrons. The van der Waals surface area contributed by atoms with Gasteiger partial charge in [-0.3, -0.25) is 9.78 Å². The number of aryl methyl sites for hydroxylation is 1. The minimum atomic E-state index is -0.348. The first-order valence-electron chi connectivity index (χ1n) is 5.26. The highest BCUT2D eigenvalue weighted by Gasteiger charge is 1.96. The molecule has 0 atom stereocenters. The minimum absolute atomic E-state index is 0.337. The van der Waals surface area contributed by atoms with E-state index in [4.69, 9.17) is 5.26 Å². The van der Waals surface area contributed by atoms with E-state index in [0.717, 1.165) is 13.0 Å². The van der Waals surface area contributed by atoms with E-state index in [1.54, 1.807) is 5.97 Å². The molecule has 1 heterocycles. The predicted octanol–water partition coefficient (Wildman–Crippen LogP) is -1.41. The lowest BCUT2D eigenvalue weighted by Crippen LogP contribution is -2.29. The quantitative estimate of drug-likeness (QED) is 0.651. The molecule has 0 aromatic carbocycles. The van der Waals surface area contributed by atoms with Crippen LogP contribution in [0.3, 0.4) is 0 Å². The van der Waals surface area contributed by atoms with Gasteiger partial charge in [-0.2, -0.15) is 0 Å². The number of hydrogen-bond donors (Lipinski definition) is 1. The zero-order chi connectivity index (χ0) is 13.3. The Hall–Kier alpha value is -1.81. The molecule has 0 fully saturated rings. The van der Waals surface area contributed by atoms with Crippen LogP contribution in [0, 0.1) is 11.2 Å². The average molecular weight is 236 g/mol. The van der Waals surface area contributed by atoms with Crippen molar-refractivity contribution in [1.82, 2.24) is 14.5 Å². The van der Waals surface area contributed by atoms with Crippen LogP contribution in [-0.4, -0.2) is 42.9 Å². The topological polar surface area (TPSA) is 81.9 Å². The summed E-state index contributed by atoms with van der Waals surface area (Å²) in [5.74, 6) is 1.75. The summed E-state index contributed by atoms with van der Waals surface area (Å²) in [7, 11) is 5.39. The first-order chi connectivity index (χ1) is 8.01. The van der Waals surface area contributed by atoms with Crippen LogP contribution >= 0.6 is 0 Å². The van der Waals surface area contributed by atoms with E-state index in [9.17, 15) is 9.59 Å². The molecule has 1 rings (SSSR count). The lowest BCUT2D eigenvalue weighted by molar-refractivity contribution is 0.384. The number of nitriles is 1. The second kappa shape index (κ2) is 8.36. The predicted molar refractivity (Wildman–Crippen MR) is 68.7 cm³/mol. The smallest absolute Gasteiger partial charge is 0.309 e. The van der Waals surface area contributed by atoms with E-state index in [1.165, 1.54) is 24.7 Å². The molecular formula is C10H17BN4O2. The number of aromatic nitrogens is 2. The van der Waals surface area contributed by atoms with Crippen molar-refractivity contribution in [1.29, 1.82) is 5.26 Å². The van der Waals surface area contributed by atoms with Crippen molar-refractivity contribution in [2.45, 2.75) is 13.0 Å². The summed E-state index contributed by atoms with van der Waals surface area (Å²) in [5.41, 5.74) is -0.685. The number of hydrogen-bond acceptors (Lipinski definition) is 4. The molecule has 0 aliphatic carbocycles. The van der Waals surface area contributed by atoms with Gasteiger partial charge in [-0.25, -0.2) is 10.1 Å². The summed E-state index contributed by atoms with van der Waals surface area (Å²) in [6.45, 7) is 1.55. The highest BCUT2D eigenvalue weighted by atomic mass is 16.2. The van der Waals surface area contributed by atoms with Gasteiger partial charge in [0, 0.05) is 18.8 Å². The largest absolute Gasteiger partial charge is 0.328 e. The molecule has 0 saturated carbocycles. The van der Waals surface area contributed by atoms with E-state index >= 15 is 0 Å². The summed E-state index contributed by atoms with van der Waals surface area (Å²) >= 11 is 0. The van der Waals surface area contributed by atoms with Crippen LogP contribution < -0.4 is 11.2 Å². The van der Waals surface area contributed by atoms with Crippen molar-refractivity contribution in [2.24, 2.45) is 0 Å². The molecule has 0 saturated heterocycles. The van der Waals surface area contributed by atoms with Crippen LogP contribution in [0.5, 0.6) is 0 Å². The van der Waals surface area contributed by atoms with Crippen molar-refractivity contribution in [2.75, 3.05) is 20.6 Å². The molecule has 0 amide bonds. The second-order valence-electron chi connectivity index (χ2n) is 3.68. The van der Waals surface area contributed by atoms with Crippen LogP contribution in [0.15, 0.2) is 21.9 Å². The first kappa shape index (κ1) is 15.2. The van der Waals surface area contributed by atoms with E-state index in [1.807, 2.05) is 14.1 Å². The van der Waals surface area contributed by atoms with Gasteiger partial charge in [-0.05, 0) is 33.0 Å². The molecular weight excluding hydrogens is 219 g/mol. The van der Waals surface area contributed by atoms with E-state index in [2.05, 4.69) is 9.88 Å². The fourth-order valence-corrected chi connectivity index (χ4v) is 1.18. The summed E-state index contributed by atoms with van der Waals surface area (Å²) < 4.78 is 1.50. The summed E-state index contributed by atoms with van der Waals surface area (Å²) in [6.07, 6.45) is 2.41. The van der Waals surface area contributed by atoms with Crippen molar-refractivity contribution in [3.05, 3.63) is 33.1 Å². The highest BCUT2D eigenvalue weighted by Crippen LogP contribution is 1.86. The van der Waals surface area contributed by atoms with Gasteiger partial charge in [0.15, 0.2) is 0 Å². The van der Waals surface area contributed by atoms with E-state index in [0.29, 0.717) is 6.54 Å². The monoisotopic (exact) mass is 236 g/mol. The van der Waals surface area contributed by atoms with E-state index in [-0.39, 0.29) is 11.2 Å². The van der Waals surface area contributed by atoms with Gasteiger partial charge in [-0.15, -0.1) is 0 Å². The van der Waals surface area contributed by atoms with Crippen LogP contribution in [0.2, 0.25) is 0 Å². The van der Waals surface area contributed by atoms with Crippen molar-refractivity contribution >= 4 is 7.85 Å². The fraction of sp³-hybridized carbons (Fsp3) is 0.500. The summed E-state index contributed by atoms with van der Waals surface area (Å²) in [5, 5.41) is 7.32. The Labute approximate surface area is 101 Å². The second-order valence-corrected chi connectivity index (χ2v) is 3.68. The maximum atomic E-state index is 11.2. The van der Waals surface area contributed by atoms with Crippen molar-refractivity contribution < 1.29 is 0 Å². The first-order valence-corrected chi connectivity index (χ1v) is 5.26. The van der Waals surface area contributed by atoms with Gasteiger partial charge in [0.1, 0.15) is 0 Å². The number of nitrogens with zero attached hydrogens (tertiary/aromatic N) is 3. The average Bonchev–Trinajstić information content (AvgIpc) is 2.22. The standard InChI is InChI=1S/C9H15N3O2.CH2BN/c1-11(2)5-3-6-12-7-4-8(13)10-9(12)14;2-1-3/h4,7H,3,5-6H2,1-2H3,(H,10,13,14);2H2. The molecule has 0 bridgehead atoms. The third kappa shape index (κ3) is 7.14.